The lowest BCUT2D eigenvalue weighted by molar-refractivity contribution is 0.100. The van der Waals surface area contributed by atoms with Gasteiger partial charge in [-0.1, -0.05) is 20.8 Å². The highest BCUT2D eigenvalue weighted by Gasteiger charge is 2.24. The first-order valence-electron chi connectivity index (χ1n) is 7.91. The quantitative estimate of drug-likeness (QED) is 0.921. The summed E-state index contributed by atoms with van der Waals surface area (Å²) in [6, 6.07) is 5.92. The topological polar surface area (TPSA) is 48.0 Å². The van der Waals surface area contributed by atoms with Gasteiger partial charge in [-0.2, -0.15) is 0 Å². The smallest absolute Gasteiger partial charge is 0.248 e. The van der Waals surface area contributed by atoms with Gasteiger partial charge >= 0.3 is 0 Å². The highest BCUT2D eigenvalue weighted by atomic mass is 16.1. The fraction of sp³-hybridized carbons (Fsp3) is 0.500. The van der Waals surface area contributed by atoms with Gasteiger partial charge in [-0.05, 0) is 54.9 Å². The first-order chi connectivity index (χ1) is 9.97. The van der Waals surface area contributed by atoms with Gasteiger partial charge < -0.3 is 10.3 Å². The molecule has 0 saturated carbocycles. The second-order valence-electron chi connectivity index (χ2n) is 6.87. The molecule has 1 aromatic carbocycles. The van der Waals surface area contributed by atoms with Crippen LogP contribution in [0.2, 0.25) is 0 Å². The lowest BCUT2D eigenvalue weighted by Crippen LogP contribution is -2.15. The molecular weight excluding hydrogens is 260 g/mol. The maximum Gasteiger partial charge on any atom is 0.248 e. The Labute approximate surface area is 126 Å². The summed E-state index contributed by atoms with van der Waals surface area (Å²) in [4.78, 5) is 11.5. The maximum absolute atomic E-state index is 11.5. The highest BCUT2D eigenvalue weighted by Crippen LogP contribution is 2.35. The van der Waals surface area contributed by atoms with Gasteiger partial charge in [0, 0.05) is 28.7 Å². The van der Waals surface area contributed by atoms with Crippen molar-refractivity contribution in [3.05, 3.63) is 35.0 Å². The summed E-state index contributed by atoms with van der Waals surface area (Å²) in [6.07, 6.45) is 3.51. The van der Waals surface area contributed by atoms with Crippen molar-refractivity contribution in [1.29, 1.82) is 0 Å². The molecule has 0 bridgehead atoms. The average molecular weight is 284 g/mol. The lowest BCUT2D eigenvalue weighted by Gasteiger charge is -2.21. The third kappa shape index (κ3) is 2.45. The van der Waals surface area contributed by atoms with Crippen molar-refractivity contribution < 1.29 is 4.79 Å². The Balaban J connectivity index is 2.24. The van der Waals surface area contributed by atoms with Gasteiger partial charge in [0.15, 0.2) is 0 Å². The Morgan fingerprint density at radius 2 is 2.19 bits per heavy atom. The Morgan fingerprint density at radius 3 is 2.86 bits per heavy atom. The number of nitrogens with two attached hydrogens (primary N) is 1. The SMILES string of the molecule is CC(C)Cn1c2c(c3cc(C(N)=O)ccc31)CC(C)CC2. The van der Waals surface area contributed by atoms with E-state index < -0.39 is 0 Å². The number of primary amides is 1. The van der Waals surface area contributed by atoms with Crippen molar-refractivity contribution >= 4 is 16.8 Å². The van der Waals surface area contributed by atoms with E-state index in [1.54, 1.807) is 0 Å². The molecule has 1 amide bonds. The van der Waals surface area contributed by atoms with E-state index >= 15 is 0 Å². The number of fused-ring (bicyclic) bond motifs is 3. The van der Waals surface area contributed by atoms with E-state index in [4.69, 9.17) is 5.73 Å². The third-order valence-corrected chi connectivity index (χ3v) is 4.55. The van der Waals surface area contributed by atoms with Crippen LogP contribution in [-0.2, 0) is 19.4 Å². The normalized spacial score (nSPS) is 18.2. The monoisotopic (exact) mass is 284 g/mol. The largest absolute Gasteiger partial charge is 0.366 e. The maximum atomic E-state index is 11.5. The Morgan fingerprint density at radius 1 is 1.43 bits per heavy atom. The molecule has 21 heavy (non-hydrogen) atoms. The number of carbonyl (C=O) groups excluding carboxylic acids is 1. The summed E-state index contributed by atoms with van der Waals surface area (Å²) in [5, 5.41) is 1.23. The van der Waals surface area contributed by atoms with E-state index in [1.807, 2.05) is 12.1 Å². The van der Waals surface area contributed by atoms with Crippen LogP contribution in [0.4, 0.5) is 0 Å². The molecule has 3 rings (SSSR count). The van der Waals surface area contributed by atoms with E-state index in [0.717, 1.165) is 19.4 Å². The standard InChI is InChI=1S/C18H24N2O/c1-11(2)10-20-16-6-4-12(3)8-14(16)15-9-13(18(19)21)5-7-17(15)20/h5,7,9,11-12H,4,6,8,10H2,1-3H3,(H2,19,21). The Hall–Kier alpha value is -1.77. The van der Waals surface area contributed by atoms with Crippen molar-refractivity contribution in [2.45, 2.75) is 46.6 Å². The minimum absolute atomic E-state index is 0.342. The van der Waals surface area contributed by atoms with E-state index in [9.17, 15) is 4.79 Å². The summed E-state index contributed by atoms with van der Waals surface area (Å²) >= 11 is 0. The number of benzene rings is 1. The van der Waals surface area contributed by atoms with Gasteiger partial charge in [-0.3, -0.25) is 4.79 Å². The number of aromatic nitrogens is 1. The van der Waals surface area contributed by atoms with Crippen molar-refractivity contribution in [3.8, 4) is 0 Å². The van der Waals surface area contributed by atoms with Gasteiger partial charge in [-0.15, -0.1) is 0 Å². The minimum atomic E-state index is -0.342. The summed E-state index contributed by atoms with van der Waals surface area (Å²) < 4.78 is 2.46. The number of carbonyl (C=O) groups is 1. The molecule has 0 radical (unpaired) electrons. The van der Waals surface area contributed by atoms with Gasteiger partial charge in [0.2, 0.25) is 5.91 Å². The molecule has 3 nitrogen and oxygen atoms in total. The number of nitrogens with zero attached hydrogens (tertiary/aromatic N) is 1. The van der Waals surface area contributed by atoms with E-state index in [0.29, 0.717) is 17.4 Å². The molecule has 2 N–H and O–H groups in total. The van der Waals surface area contributed by atoms with Crippen LogP contribution < -0.4 is 5.73 Å². The van der Waals surface area contributed by atoms with Crippen LogP contribution in [0.25, 0.3) is 10.9 Å². The van der Waals surface area contributed by atoms with Crippen LogP contribution in [0.5, 0.6) is 0 Å². The van der Waals surface area contributed by atoms with Gasteiger partial charge in [0.25, 0.3) is 0 Å². The molecule has 0 saturated heterocycles. The first kappa shape index (κ1) is 14.2. The highest BCUT2D eigenvalue weighted by molar-refractivity contribution is 5.98. The molecule has 112 valence electrons. The molecule has 0 spiro atoms. The summed E-state index contributed by atoms with van der Waals surface area (Å²) in [5.41, 5.74) is 10.2. The molecule has 1 aliphatic carbocycles. The molecular formula is C18H24N2O. The zero-order valence-corrected chi connectivity index (χ0v) is 13.1. The van der Waals surface area contributed by atoms with Gasteiger partial charge in [-0.25, -0.2) is 0 Å². The molecule has 1 aromatic heterocycles. The van der Waals surface area contributed by atoms with Crippen LogP contribution in [-0.4, -0.2) is 10.5 Å². The summed E-state index contributed by atoms with van der Waals surface area (Å²) in [5.74, 6) is 0.985. The zero-order valence-electron chi connectivity index (χ0n) is 13.1. The van der Waals surface area contributed by atoms with Gasteiger partial charge in [0.05, 0.1) is 0 Å². The molecule has 1 atom stereocenters. The number of hydrogen-bond acceptors (Lipinski definition) is 1. The second kappa shape index (κ2) is 5.21. The van der Waals surface area contributed by atoms with Crippen molar-refractivity contribution in [2.75, 3.05) is 0 Å². The lowest BCUT2D eigenvalue weighted by atomic mass is 9.87. The molecule has 1 aliphatic rings. The summed E-state index contributed by atoms with van der Waals surface area (Å²) in [6.45, 7) is 7.85. The molecule has 0 fully saturated rings. The summed E-state index contributed by atoms with van der Waals surface area (Å²) in [7, 11) is 0. The predicted octanol–water partition coefficient (Wildman–Crippen LogP) is 3.52. The van der Waals surface area contributed by atoms with Gasteiger partial charge in [0.1, 0.15) is 0 Å². The molecule has 3 heteroatoms. The molecule has 0 aliphatic heterocycles. The van der Waals surface area contributed by atoms with E-state index in [1.165, 1.54) is 28.6 Å². The second-order valence-corrected chi connectivity index (χ2v) is 6.87. The molecule has 1 heterocycles. The fourth-order valence-electron chi connectivity index (χ4n) is 3.55. The van der Waals surface area contributed by atoms with E-state index in [2.05, 4.69) is 31.4 Å². The predicted molar refractivity (Wildman–Crippen MR) is 86.5 cm³/mol. The van der Waals surface area contributed by atoms with Crippen LogP contribution >= 0.6 is 0 Å². The van der Waals surface area contributed by atoms with Crippen LogP contribution in [0.3, 0.4) is 0 Å². The number of hydrogen-bond donors (Lipinski definition) is 1. The zero-order chi connectivity index (χ0) is 15.1. The Kier molecular flexibility index (Phi) is 3.52. The first-order valence-corrected chi connectivity index (χ1v) is 7.91. The van der Waals surface area contributed by atoms with Crippen molar-refractivity contribution in [2.24, 2.45) is 17.6 Å². The minimum Gasteiger partial charge on any atom is -0.366 e. The van der Waals surface area contributed by atoms with E-state index in [-0.39, 0.29) is 5.91 Å². The van der Waals surface area contributed by atoms with Crippen LogP contribution in [0.1, 0.15) is 48.8 Å². The average Bonchev–Trinajstić information content (AvgIpc) is 2.71. The van der Waals surface area contributed by atoms with Crippen LogP contribution in [0, 0.1) is 11.8 Å². The molecule has 2 aromatic rings. The third-order valence-electron chi connectivity index (χ3n) is 4.55. The Bertz CT molecular complexity index is 697. The number of rotatable bonds is 3. The fourth-order valence-corrected chi connectivity index (χ4v) is 3.55. The number of amides is 1. The van der Waals surface area contributed by atoms with Crippen LogP contribution in [0.15, 0.2) is 18.2 Å². The van der Waals surface area contributed by atoms with Crippen molar-refractivity contribution in [3.63, 3.8) is 0 Å². The molecule has 1 unspecified atom stereocenters. The van der Waals surface area contributed by atoms with Crippen molar-refractivity contribution in [1.82, 2.24) is 4.57 Å².